The Morgan fingerprint density at radius 1 is 0.818 bits per heavy atom. The maximum absolute atomic E-state index is 13.3. The molecule has 5 rings (SSSR count). The molecule has 0 atom stereocenters. The fraction of sp³-hybridized carbons (Fsp3) is 0.108. The second kappa shape index (κ2) is 13.9. The highest BCUT2D eigenvalue weighted by Crippen LogP contribution is 2.37. The Kier molecular flexibility index (Phi) is 9.33. The second-order valence-corrected chi connectivity index (χ2v) is 9.75. The van der Waals surface area contributed by atoms with Crippen molar-refractivity contribution in [2.45, 2.75) is 13.8 Å². The van der Waals surface area contributed by atoms with Gasteiger partial charge in [0, 0.05) is 16.9 Å². The zero-order chi connectivity index (χ0) is 30.9. The van der Waals surface area contributed by atoms with Crippen LogP contribution in [0, 0.1) is 11.3 Å². The Hall–Kier alpha value is -5.87. The molecule has 4 aromatic carbocycles. The van der Waals surface area contributed by atoms with E-state index in [4.69, 9.17) is 9.47 Å². The van der Waals surface area contributed by atoms with E-state index in [1.54, 1.807) is 49.4 Å². The Bertz CT molecular complexity index is 1820. The molecule has 1 N–H and O–H groups in total. The molecule has 7 heteroatoms. The third-order valence-corrected chi connectivity index (χ3v) is 6.87. The van der Waals surface area contributed by atoms with Gasteiger partial charge in [-0.3, -0.25) is 4.79 Å². The first-order chi connectivity index (χ1) is 21.5. The van der Waals surface area contributed by atoms with E-state index in [0.717, 1.165) is 28.2 Å². The Labute approximate surface area is 256 Å². The molecule has 0 spiro atoms. The van der Waals surface area contributed by atoms with Crippen molar-refractivity contribution in [3.63, 3.8) is 0 Å². The van der Waals surface area contributed by atoms with E-state index in [-0.39, 0.29) is 18.1 Å². The molecule has 0 unspecified atom stereocenters. The molecule has 0 saturated carbocycles. The Morgan fingerprint density at radius 2 is 1.45 bits per heavy atom. The van der Waals surface area contributed by atoms with Crippen LogP contribution in [0.1, 0.15) is 29.8 Å². The average Bonchev–Trinajstić information content (AvgIpc) is 3.44. The van der Waals surface area contributed by atoms with Gasteiger partial charge in [0.25, 0.3) is 5.91 Å². The summed E-state index contributed by atoms with van der Waals surface area (Å²) in [4.78, 5) is 25.7. The van der Waals surface area contributed by atoms with Crippen LogP contribution >= 0.6 is 0 Å². The standard InChI is InChI=1S/C37H31N3O4/c1-3-43-33-21-17-31(18-22-33)39-36(41)30(25-38)23-29-24-34(26-11-7-5-8-12-26)40(35(29)27-13-9-6-10-14-27)32-19-15-28(16-20-32)37(42)44-4-2/h5-24H,3-4H2,1-2H3,(H,39,41)/b30-23-. The van der Waals surface area contributed by atoms with Gasteiger partial charge < -0.3 is 19.4 Å². The fourth-order valence-corrected chi connectivity index (χ4v) is 4.89. The van der Waals surface area contributed by atoms with Crippen LogP contribution < -0.4 is 10.1 Å². The zero-order valence-electron chi connectivity index (χ0n) is 24.5. The Balaban J connectivity index is 1.64. The average molecular weight is 582 g/mol. The SMILES string of the molecule is CCOC(=O)c1ccc(-n2c(-c3ccccc3)cc(/C=C(/C#N)C(=O)Nc3ccc(OCC)cc3)c2-c2ccccc2)cc1. The van der Waals surface area contributed by atoms with Crippen LogP contribution in [-0.4, -0.2) is 29.7 Å². The van der Waals surface area contributed by atoms with Gasteiger partial charge in [0.1, 0.15) is 17.4 Å². The summed E-state index contributed by atoms with van der Waals surface area (Å²) in [6.07, 6.45) is 1.61. The maximum atomic E-state index is 13.3. The summed E-state index contributed by atoms with van der Waals surface area (Å²) in [7, 11) is 0. The number of aromatic nitrogens is 1. The van der Waals surface area contributed by atoms with Crippen LogP contribution in [0.5, 0.6) is 5.75 Å². The molecular weight excluding hydrogens is 550 g/mol. The van der Waals surface area contributed by atoms with Gasteiger partial charge in [-0.25, -0.2) is 4.79 Å². The van der Waals surface area contributed by atoms with Gasteiger partial charge in [0.2, 0.25) is 0 Å². The number of carbonyl (C=O) groups excluding carboxylic acids is 2. The van der Waals surface area contributed by atoms with Gasteiger partial charge in [-0.1, -0.05) is 60.7 Å². The molecule has 0 aliphatic carbocycles. The van der Waals surface area contributed by atoms with Crippen molar-refractivity contribution in [1.82, 2.24) is 4.57 Å². The number of ether oxygens (including phenoxy) is 2. The number of anilines is 1. The van der Waals surface area contributed by atoms with Gasteiger partial charge in [-0.05, 0) is 85.6 Å². The van der Waals surface area contributed by atoms with Crippen LogP contribution in [0.2, 0.25) is 0 Å². The molecule has 5 aromatic rings. The third-order valence-electron chi connectivity index (χ3n) is 6.87. The lowest BCUT2D eigenvalue weighted by Gasteiger charge is -2.15. The topological polar surface area (TPSA) is 93.4 Å². The van der Waals surface area contributed by atoms with Gasteiger partial charge in [-0.15, -0.1) is 0 Å². The lowest BCUT2D eigenvalue weighted by atomic mass is 10.0. The molecule has 44 heavy (non-hydrogen) atoms. The highest BCUT2D eigenvalue weighted by molar-refractivity contribution is 6.10. The van der Waals surface area contributed by atoms with E-state index in [9.17, 15) is 14.9 Å². The number of hydrogen-bond acceptors (Lipinski definition) is 5. The van der Waals surface area contributed by atoms with E-state index in [1.807, 2.05) is 85.8 Å². The van der Waals surface area contributed by atoms with Crippen LogP contribution in [0.4, 0.5) is 5.69 Å². The lowest BCUT2D eigenvalue weighted by Crippen LogP contribution is -2.13. The van der Waals surface area contributed by atoms with Crippen LogP contribution in [0.15, 0.2) is 121 Å². The van der Waals surface area contributed by atoms with E-state index < -0.39 is 5.91 Å². The van der Waals surface area contributed by atoms with Crippen molar-refractivity contribution in [1.29, 1.82) is 5.26 Å². The first-order valence-electron chi connectivity index (χ1n) is 14.3. The summed E-state index contributed by atoms with van der Waals surface area (Å²) in [5.41, 5.74) is 5.89. The molecule has 218 valence electrons. The summed E-state index contributed by atoms with van der Waals surface area (Å²) < 4.78 is 12.7. The number of nitriles is 1. The smallest absolute Gasteiger partial charge is 0.338 e. The van der Waals surface area contributed by atoms with Crippen molar-refractivity contribution in [2.75, 3.05) is 18.5 Å². The normalized spacial score (nSPS) is 11.0. The van der Waals surface area contributed by atoms with Crippen molar-refractivity contribution >= 4 is 23.6 Å². The van der Waals surface area contributed by atoms with Crippen molar-refractivity contribution in [3.8, 4) is 40.0 Å². The molecule has 1 heterocycles. The molecule has 0 radical (unpaired) electrons. The molecule has 7 nitrogen and oxygen atoms in total. The van der Waals surface area contributed by atoms with E-state index in [2.05, 4.69) is 16.0 Å². The molecule has 0 fully saturated rings. The van der Waals surface area contributed by atoms with Gasteiger partial charge in [0.05, 0.1) is 30.2 Å². The number of rotatable bonds is 10. The minimum absolute atomic E-state index is 0.0505. The monoisotopic (exact) mass is 581 g/mol. The minimum atomic E-state index is -0.525. The number of benzene rings is 4. The number of esters is 1. The summed E-state index contributed by atoms with van der Waals surface area (Å²) >= 11 is 0. The number of hydrogen-bond donors (Lipinski definition) is 1. The van der Waals surface area contributed by atoms with E-state index >= 15 is 0 Å². The fourth-order valence-electron chi connectivity index (χ4n) is 4.89. The van der Waals surface area contributed by atoms with Crippen molar-refractivity contribution < 1.29 is 19.1 Å². The van der Waals surface area contributed by atoms with Crippen molar-refractivity contribution in [2.24, 2.45) is 0 Å². The van der Waals surface area contributed by atoms with Gasteiger partial charge in [-0.2, -0.15) is 5.26 Å². The zero-order valence-corrected chi connectivity index (χ0v) is 24.5. The van der Waals surface area contributed by atoms with Crippen LogP contribution in [0.25, 0.3) is 34.3 Å². The predicted octanol–water partition coefficient (Wildman–Crippen LogP) is 7.93. The van der Waals surface area contributed by atoms with Gasteiger partial charge in [0.15, 0.2) is 0 Å². The number of amides is 1. The van der Waals surface area contributed by atoms with Crippen LogP contribution in [0.3, 0.4) is 0 Å². The molecular formula is C37H31N3O4. The first-order valence-corrected chi connectivity index (χ1v) is 14.3. The molecule has 1 aromatic heterocycles. The summed E-state index contributed by atoms with van der Waals surface area (Å²) in [5, 5.41) is 12.9. The van der Waals surface area contributed by atoms with E-state index in [0.29, 0.717) is 29.2 Å². The molecule has 1 amide bonds. The molecule has 0 saturated heterocycles. The second-order valence-electron chi connectivity index (χ2n) is 9.75. The number of nitrogens with one attached hydrogen (secondary N) is 1. The summed E-state index contributed by atoms with van der Waals surface area (Å²) in [5.74, 6) is -0.221. The third kappa shape index (κ3) is 6.61. The summed E-state index contributed by atoms with van der Waals surface area (Å²) in [6.45, 7) is 4.50. The minimum Gasteiger partial charge on any atom is -0.494 e. The number of nitrogens with zero attached hydrogens (tertiary/aromatic N) is 2. The number of carbonyl (C=O) groups is 2. The largest absolute Gasteiger partial charge is 0.494 e. The molecule has 0 aliphatic rings. The Morgan fingerprint density at radius 3 is 2.05 bits per heavy atom. The quantitative estimate of drug-likeness (QED) is 0.103. The van der Waals surface area contributed by atoms with Crippen LogP contribution in [-0.2, 0) is 9.53 Å². The summed E-state index contributed by atoms with van der Waals surface area (Å²) in [6, 6.07) is 37.9. The van der Waals surface area contributed by atoms with Gasteiger partial charge >= 0.3 is 5.97 Å². The van der Waals surface area contributed by atoms with Crippen molar-refractivity contribution in [3.05, 3.63) is 132 Å². The maximum Gasteiger partial charge on any atom is 0.338 e. The first kappa shape index (κ1) is 29.6. The lowest BCUT2D eigenvalue weighted by molar-refractivity contribution is -0.112. The highest BCUT2D eigenvalue weighted by atomic mass is 16.5. The predicted molar refractivity (Wildman–Crippen MR) is 172 cm³/mol. The van der Waals surface area contributed by atoms with E-state index in [1.165, 1.54) is 0 Å². The molecule has 0 bridgehead atoms. The molecule has 0 aliphatic heterocycles. The highest BCUT2D eigenvalue weighted by Gasteiger charge is 2.21.